The summed E-state index contributed by atoms with van der Waals surface area (Å²) < 4.78 is 1.80. The number of rotatable bonds is 7. The second-order valence-electron chi connectivity index (χ2n) is 4.90. The van der Waals surface area contributed by atoms with Crippen molar-refractivity contribution < 1.29 is 5.11 Å². The molecule has 5 heteroatoms. The van der Waals surface area contributed by atoms with Gasteiger partial charge >= 0.3 is 0 Å². The van der Waals surface area contributed by atoms with Crippen LogP contribution in [0, 0.1) is 0 Å². The number of hydrogen-bond donors (Lipinski definition) is 1. The molecule has 4 nitrogen and oxygen atoms in total. The van der Waals surface area contributed by atoms with Crippen LogP contribution < -0.4 is 0 Å². The Labute approximate surface area is 124 Å². The van der Waals surface area contributed by atoms with Gasteiger partial charge in [0.15, 0.2) is 0 Å². The van der Waals surface area contributed by atoms with E-state index in [-0.39, 0.29) is 6.10 Å². The molecule has 2 rings (SSSR count). The van der Waals surface area contributed by atoms with Crippen molar-refractivity contribution in [1.29, 1.82) is 0 Å². The molecule has 0 radical (unpaired) electrons. The summed E-state index contributed by atoms with van der Waals surface area (Å²) in [6.07, 6.45) is 4.78. The maximum absolute atomic E-state index is 9.68. The lowest BCUT2D eigenvalue weighted by atomic mass is 10.1. The fourth-order valence-electron chi connectivity index (χ4n) is 2.06. The first-order valence-corrected chi connectivity index (χ1v) is 7.36. The Morgan fingerprint density at radius 1 is 1.25 bits per heavy atom. The van der Waals surface area contributed by atoms with Crippen molar-refractivity contribution in [3.8, 4) is 0 Å². The van der Waals surface area contributed by atoms with E-state index in [0.29, 0.717) is 6.54 Å². The van der Waals surface area contributed by atoms with Crippen LogP contribution in [0.5, 0.6) is 0 Å². The van der Waals surface area contributed by atoms with Crippen molar-refractivity contribution in [2.45, 2.75) is 45.3 Å². The second kappa shape index (κ2) is 7.41. The van der Waals surface area contributed by atoms with Crippen LogP contribution >= 0.6 is 11.6 Å². The predicted octanol–water partition coefficient (Wildman–Crippen LogP) is 2.88. The normalized spacial score (nSPS) is 12.6. The SMILES string of the molecule is CCC(O)Cn1ncnc1CCCc1ccc(Cl)cc1. The Hall–Kier alpha value is -1.39. The zero-order chi connectivity index (χ0) is 14.4. The zero-order valence-corrected chi connectivity index (χ0v) is 12.4. The molecule has 1 atom stereocenters. The fourth-order valence-corrected chi connectivity index (χ4v) is 2.19. The molecule has 20 heavy (non-hydrogen) atoms. The van der Waals surface area contributed by atoms with Crippen LogP contribution in [0.4, 0.5) is 0 Å². The van der Waals surface area contributed by atoms with E-state index < -0.39 is 0 Å². The number of aryl methyl sites for hydroxylation is 2. The van der Waals surface area contributed by atoms with Gasteiger partial charge in [0.25, 0.3) is 0 Å². The van der Waals surface area contributed by atoms with Crippen molar-refractivity contribution >= 4 is 11.6 Å². The Balaban J connectivity index is 1.85. The molecule has 0 spiro atoms. The standard InChI is InChI=1S/C15H20ClN3O/c1-2-14(20)10-19-15(17-11-18-19)5-3-4-12-6-8-13(16)9-7-12/h6-9,11,14,20H,2-5,10H2,1H3. The molecule has 108 valence electrons. The molecular formula is C15H20ClN3O. The lowest BCUT2D eigenvalue weighted by Crippen LogP contribution is -2.18. The summed E-state index contributed by atoms with van der Waals surface area (Å²) in [5, 5.41) is 14.6. The highest BCUT2D eigenvalue weighted by molar-refractivity contribution is 6.30. The van der Waals surface area contributed by atoms with E-state index in [1.165, 1.54) is 5.56 Å². The number of benzene rings is 1. The maximum Gasteiger partial charge on any atom is 0.138 e. The molecule has 0 aliphatic rings. The number of aromatic nitrogens is 3. The molecule has 1 aromatic carbocycles. The highest BCUT2D eigenvalue weighted by atomic mass is 35.5. The van der Waals surface area contributed by atoms with Gasteiger partial charge in [-0.25, -0.2) is 9.67 Å². The first kappa shape index (κ1) is 15.0. The highest BCUT2D eigenvalue weighted by Crippen LogP contribution is 2.12. The molecule has 0 aliphatic heterocycles. The molecule has 2 aromatic rings. The average molecular weight is 294 g/mol. The van der Waals surface area contributed by atoms with Crippen molar-refractivity contribution in [1.82, 2.24) is 14.8 Å². The molecule has 1 aromatic heterocycles. The Kier molecular flexibility index (Phi) is 5.56. The summed E-state index contributed by atoms with van der Waals surface area (Å²) in [6, 6.07) is 7.93. The van der Waals surface area contributed by atoms with Crippen molar-refractivity contribution in [2.24, 2.45) is 0 Å². The van der Waals surface area contributed by atoms with Gasteiger partial charge in [-0.3, -0.25) is 0 Å². The third kappa shape index (κ3) is 4.32. The number of hydrogen-bond acceptors (Lipinski definition) is 3. The molecule has 0 saturated carbocycles. The van der Waals surface area contributed by atoms with Crippen molar-refractivity contribution in [3.63, 3.8) is 0 Å². The number of nitrogens with zero attached hydrogens (tertiary/aromatic N) is 3. The Morgan fingerprint density at radius 3 is 2.70 bits per heavy atom. The molecule has 1 N–H and O–H groups in total. The molecular weight excluding hydrogens is 274 g/mol. The van der Waals surface area contributed by atoms with Crippen LogP contribution in [-0.2, 0) is 19.4 Å². The minimum atomic E-state index is -0.355. The summed E-state index contributed by atoms with van der Waals surface area (Å²) in [4.78, 5) is 4.27. The van der Waals surface area contributed by atoms with Crippen LogP contribution in [0.3, 0.4) is 0 Å². The smallest absolute Gasteiger partial charge is 0.138 e. The first-order chi connectivity index (χ1) is 9.69. The summed E-state index contributed by atoms with van der Waals surface area (Å²) in [5.41, 5.74) is 1.27. The van der Waals surface area contributed by atoms with E-state index in [4.69, 9.17) is 11.6 Å². The van der Waals surface area contributed by atoms with Gasteiger partial charge in [-0.2, -0.15) is 5.10 Å². The Bertz CT molecular complexity index is 524. The van der Waals surface area contributed by atoms with Gasteiger partial charge in [-0.1, -0.05) is 30.7 Å². The number of aliphatic hydroxyl groups is 1. The second-order valence-corrected chi connectivity index (χ2v) is 5.34. The molecule has 0 amide bonds. The monoisotopic (exact) mass is 293 g/mol. The third-order valence-electron chi connectivity index (χ3n) is 3.33. The van der Waals surface area contributed by atoms with Gasteiger partial charge in [0, 0.05) is 11.4 Å². The fraction of sp³-hybridized carbons (Fsp3) is 0.467. The van der Waals surface area contributed by atoms with Crippen molar-refractivity contribution in [2.75, 3.05) is 0 Å². The van der Waals surface area contributed by atoms with E-state index >= 15 is 0 Å². The molecule has 0 aliphatic carbocycles. The van der Waals surface area contributed by atoms with E-state index in [9.17, 15) is 5.11 Å². The highest BCUT2D eigenvalue weighted by Gasteiger charge is 2.08. The lowest BCUT2D eigenvalue weighted by Gasteiger charge is -2.10. The van der Waals surface area contributed by atoms with Gasteiger partial charge in [-0.15, -0.1) is 0 Å². The lowest BCUT2D eigenvalue weighted by molar-refractivity contribution is 0.143. The predicted molar refractivity (Wildman–Crippen MR) is 79.8 cm³/mol. The van der Waals surface area contributed by atoms with E-state index in [1.807, 2.05) is 31.2 Å². The van der Waals surface area contributed by atoms with Gasteiger partial charge in [0.2, 0.25) is 0 Å². The van der Waals surface area contributed by atoms with Crippen LogP contribution in [0.2, 0.25) is 5.02 Å². The Morgan fingerprint density at radius 2 is 2.00 bits per heavy atom. The molecule has 1 unspecified atom stereocenters. The molecule has 0 bridgehead atoms. The third-order valence-corrected chi connectivity index (χ3v) is 3.58. The summed E-state index contributed by atoms with van der Waals surface area (Å²) >= 11 is 5.86. The van der Waals surface area contributed by atoms with Crippen molar-refractivity contribution in [3.05, 3.63) is 47.0 Å². The largest absolute Gasteiger partial charge is 0.391 e. The van der Waals surface area contributed by atoms with Crippen LogP contribution in [0.25, 0.3) is 0 Å². The van der Waals surface area contributed by atoms with Gasteiger partial charge in [-0.05, 0) is 37.0 Å². The minimum Gasteiger partial charge on any atom is -0.391 e. The van der Waals surface area contributed by atoms with Crippen LogP contribution in [0.15, 0.2) is 30.6 Å². The van der Waals surface area contributed by atoms with Gasteiger partial charge in [0.05, 0.1) is 12.6 Å². The zero-order valence-electron chi connectivity index (χ0n) is 11.7. The maximum atomic E-state index is 9.68. The summed E-state index contributed by atoms with van der Waals surface area (Å²) in [7, 11) is 0. The van der Waals surface area contributed by atoms with E-state index in [1.54, 1.807) is 11.0 Å². The first-order valence-electron chi connectivity index (χ1n) is 6.98. The number of halogens is 1. The number of aliphatic hydroxyl groups excluding tert-OH is 1. The average Bonchev–Trinajstić information content (AvgIpc) is 2.88. The van der Waals surface area contributed by atoms with Crippen LogP contribution in [-0.4, -0.2) is 26.0 Å². The summed E-state index contributed by atoms with van der Waals surface area (Å²) in [6.45, 7) is 2.48. The quantitative estimate of drug-likeness (QED) is 0.854. The van der Waals surface area contributed by atoms with E-state index in [0.717, 1.165) is 36.5 Å². The van der Waals surface area contributed by atoms with E-state index in [2.05, 4.69) is 10.1 Å². The molecule has 0 saturated heterocycles. The topological polar surface area (TPSA) is 50.9 Å². The van der Waals surface area contributed by atoms with Gasteiger partial charge in [0.1, 0.15) is 12.2 Å². The molecule has 1 heterocycles. The van der Waals surface area contributed by atoms with Crippen LogP contribution in [0.1, 0.15) is 31.2 Å². The minimum absolute atomic E-state index is 0.355. The molecule has 0 fully saturated rings. The summed E-state index contributed by atoms with van der Waals surface area (Å²) in [5.74, 6) is 0.937. The van der Waals surface area contributed by atoms with Gasteiger partial charge < -0.3 is 5.11 Å².